The maximum atomic E-state index is 12.4. The van der Waals surface area contributed by atoms with Gasteiger partial charge in [-0.2, -0.15) is 0 Å². The number of carbonyl (C=O) groups excluding carboxylic acids is 1. The quantitative estimate of drug-likeness (QED) is 0.875. The number of benzene rings is 2. The minimum absolute atomic E-state index is 0.0780. The highest BCUT2D eigenvalue weighted by Crippen LogP contribution is 2.41. The van der Waals surface area contributed by atoms with E-state index in [1.807, 2.05) is 47.4 Å². The summed E-state index contributed by atoms with van der Waals surface area (Å²) in [5.74, 6) is 1.82. The molecule has 1 N–H and O–H groups in total. The van der Waals surface area contributed by atoms with Gasteiger partial charge in [0.25, 0.3) is 0 Å². The molecule has 3 rings (SSSR count). The number of anilines is 2. The van der Waals surface area contributed by atoms with Gasteiger partial charge >= 0.3 is 6.03 Å². The first-order valence-electron chi connectivity index (χ1n) is 8.82. The van der Waals surface area contributed by atoms with Crippen molar-refractivity contribution in [2.75, 3.05) is 57.7 Å². The maximum absolute atomic E-state index is 12.4. The van der Waals surface area contributed by atoms with Gasteiger partial charge in [0.15, 0.2) is 11.5 Å². The van der Waals surface area contributed by atoms with Crippen molar-refractivity contribution in [3.8, 4) is 17.2 Å². The fraction of sp³-hybridized carbons (Fsp3) is 0.350. The van der Waals surface area contributed by atoms with E-state index >= 15 is 0 Å². The van der Waals surface area contributed by atoms with Crippen LogP contribution >= 0.6 is 0 Å². The number of carbonyl (C=O) groups is 1. The monoisotopic (exact) mass is 371 g/mol. The van der Waals surface area contributed by atoms with Crippen molar-refractivity contribution in [3.63, 3.8) is 0 Å². The van der Waals surface area contributed by atoms with Gasteiger partial charge < -0.3 is 29.3 Å². The Morgan fingerprint density at radius 2 is 1.48 bits per heavy atom. The zero-order chi connectivity index (χ0) is 19.2. The number of amides is 2. The summed E-state index contributed by atoms with van der Waals surface area (Å²) in [6.07, 6.45) is 0. The Kier molecular flexibility index (Phi) is 5.90. The highest BCUT2D eigenvalue weighted by Gasteiger charge is 2.23. The van der Waals surface area contributed by atoms with Crippen LogP contribution in [0.5, 0.6) is 17.2 Å². The van der Waals surface area contributed by atoms with Gasteiger partial charge in [0.05, 0.1) is 21.3 Å². The fourth-order valence-corrected chi connectivity index (χ4v) is 3.14. The standard InChI is InChI=1S/C20H25N3O4/c1-25-17-13-16(14-18(26-2)19(17)27-3)22-9-11-23(12-10-22)20(24)21-15-7-5-4-6-8-15/h4-8,13-14H,9-12H2,1-3H3,(H,21,24). The second-order valence-corrected chi connectivity index (χ2v) is 6.15. The molecule has 0 radical (unpaired) electrons. The molecule has 0 saturated carbocycles. The number of urea groups is 1. The molecule has 1 aliphatic rings. The largest absolute Gasteiger partial charge is 0.493 e. The minimum Gasteiger partial charge on any atom is -0.493 e. The molecule has 0 aliphatic carbocycles. The van der Waals surface area contributed by atoms with Crippen LogP contribution in [-0.2, 0) is 0 Å². The van der Waals surface area contributed by atoms with E-state index in [9.17, 15) is 4.79 Å². The topological polar surface area (TPSA) is 63.3 Å². The van der Waals surface area contributed by atoms with Crippen LogP contribution in [0, 0.1) is 0 Å². The lowest BCUT2D eigenvalue weighted by Crippen LogP contribution is -2.50. The number of ether oxygens (including phenoxy) is 3. The highest BCUT2D eigenvalue weighted by atomic mass is 16.5. The Morgan fingerprint density at radius 3 is 2.00 bits per heavy atom. The van der Waals surface area contributed by atoms with Gasteiger partial charge in [-0.25, -0.2) is 4.79 Å². The smallest absolute Gasteiger partial charge is 0.321 e. The minimum atomic E-state index is -0.0780. The van der Waals surface area contributed by atoms with Crippen LogP contribution in [0.3, 0.4) is 0 Å². The molecule has 1 aliphatic heterocycles. The Labute approximate surface area is 159 Å². The molecule has 0 unspecified atom stereocenters. The van der Waals surface area contributed by atoms with E-state index in [1.54, 1.807) is 21.3 Å². The van der Waals surface area contributed by atoms with Crippen LogP contribution in [0.1, 0.15) is 0 Å². The van der Waals surface area contributed by atoms with Crippen molar-refractivity contribution < 1.29 is 19.0 Å². The van der Waals surface area contributed by atoms with E-state index in [4.69, 9.17) is 14.2 Å². The summed E-state index contributed by atoms with van der Waals surface area (Å²) in [6.45, 7) is 2.71. The fourth-order valence-electron chi connectivity index (χ4n) is 3.14. The van der Waals surface area contributed by atoms with Gasteiger partial charge in [-0.05, 0) is 12.1 Å². The predicted molar refractivity (Wildman–Crippen MR) is 105 cm³/mol. The number of hydrogen-bond acceptors (Lipinski definition) is 5. The van der Waals surface area contributed by atoms with Crippen molar-refractivity contribution in [2.45, 2.75) is 0 Å². The third-order valence-corrected chi connectivity index (χ3v) is 4.61. The van der Waals surface area contributed by atoms with E-state index in [2.05, 4.69) is 10.2 Å². The number of para-hydroxylation sites is 1. The molecule has 0 bridgehead atoms. The summed E-state index contributed by atoms with van der Waals surface area (Å²) in [5, 5.41) is 2.93. The number of hydrogen-bond donors (Lipinski definition) is 1. The van der Waals surface area contributed by atoms with E-state index < -0.39 is 0 Å². The molecule has 0 aromatic heterocycles. The number of nitrogens with one attached hydrogen (secondary N) is 1. The van der Waals surface area contributed by atoms with Crippen molar-refractivity contribution in [1.82, 2.24) is 4.90 Å². The third kappa shape index (κ3) is 4.19. The van der Waals surface area contributed by atoms with Gasteiger partial charge in [0.1, 0.15) is 0 Å². The number of piperazine rings is 1. The lowest BCUT2D eigenvalue weighted by Gasteiger charge is -2.36. The zero-order valence-corrected chi connectivity index (χ0v) is 15.9. The highest BCUT2D eigenvalue weighted by molar-refractivity contribution is 5.89. The summed E-state index contributed by atoms with van der Waals surface area (Å²) >= 11 is 0. The first-order chi connectivity index (χ1) is 13.2. The van der Waals surface area contributed by atoms with Crippen LogP contribution in [-0.4, -0.2) is 58.4 Å². The summed E-state index contributed by atoms with van der Waals surface area (Å²) in [4.78, 5) is 16.5. The summed E-state index contributed by atoms with van der Waals surface area (Å²) in [5.41, 5.74) is 1.78. The van der Waals surface area contributed by atoms with Crippen molar-refractivity contribution in [3.05, 3.63) is 42.5 Å². The normalized spacial score (nSPS) is 13.9. The number of nitrogens with zero attached hydrogens (tertiary/aromatic N) is 2. The Bertz CT molecular complexity index is 749. The second-order valence-electron chi connectivity index (χ2n) is 6.15. The molecule has 2 aromatic carbocycles. The van der Waals surface area contributed by atoms with Crippen LogP contribution in [0.25, 0.3) is 0 Å². The molecule has 1 fully saturated rings. The molecule has 0 atom stereocenters. The molecule has 1 saturated heterocycles. The lowest BCUT2D eigenvalue weighted by atomic mass is 10.2. The van der Waals surface area contributed by atoms with Crippen molar-refractivity contribution >= 4 is 17.4 Å². The average molecular weight is 371 g/mol. The van der Waals surface area contributed by atoms with E-state index in [1.165, 1.54) is 0 Å². The maximum Gasteiger partial charge on any atom is 0.321 e. The molecule has 27 heavy (non-hydrogen) atoms. The average Bonchev–Trinajstić information content (AvgIpc) is 2.73. The molecule has 7 heteroatoms. The zero-order valence-electron chi connectivity index (χ0n) is 15.9. The van der Waals surface area contributed by atoms with E-state index in [0.717, 1.165) is 24.5 Å². The van der Waals surface area contributed by atoms with E-state index in [0.29, 0.717) is 30.3 Å². The molecule has 7 nitrogen and oxygen atoms in total. The molecule has 2 aromatic rings. The number of rotatable bonds is 5. The van der Waals surface area contributed by atoms with Crippen LogP contribution in [0.4, 0.5) is 16.2 Å². The second kappa shape index (κ2) is 8.53. The van der Waals surface area contributed by atoms with Gasteiger partial charge in [-0.15, -0.1) is 0 Å². The SMILES string of the molecule is COc1cc(N2CCN(C(=O)Nc3ccccc3)CC2)cc(OC)c1OC. The first kappa shape index (κ1) is 18.7. The van der Waals surface area contributed by atoms with Gasteiger partial charge in [-0.3, -0.25) is 0 Å². The van der Waals surface area contributed by atoms with Crippen molar-refractivity contribution in [1.29, 1.82) is 0 Å². The Hall–Kier alpha value is -3.09. The third-order valence-electron chi connectivity index (χ3n) is 4.61. The summed E-state index contributed by atoms with van der Waals surface area (Å²) in [7, 11) is 4.80. The molecule has 0 spiro atoms. The molecule has 1 heterocycles. The Balaban J connectivity index is 1.66. The molecule has 144 valence electrons. The van der Waals surface area contributed by atoms with Gasteiger partial charge in [-0.1, -0.05) is 18.2 Å². The Morgan fingerprint density at radius 1 is 0.889 bits per heavy atom. The molecule has 2 amide bonds. The van der Waals surface area contributed by atoms with Gasteiger partial charge in [0.2, 0.25) is 5.75 Å². The van der Waals surface area contributed by atoms with Crippen LogP contribution in [0.2, 0.25) is 0 Å². The number of methoxy groups -OCH3 is 3. The summed E-state index contributed by atoms with van der Waals surface area (Å²) < 4.78 is 16.2. The summed E-state index contributed by atoms with van der Waals surface area (Å²) in [6, 6.07) is 13.3. The predicted octanol–water partition coefficient (Wildman–Crippen LogP) is 3.07. The van der Waals surface area contributed by atoms with Crippen molar-refractivity contribution in [2.24, 2.45) is 0 Å². The molecular formula is C20H25N3O4. The van der Waals surface area contributed by atoms with Crippen LogP contribution < -0.4 is 24.4 Å². The van der Waals surface area contributed by atoms with Crippen LogP contribution in [0.15, 0.2) is 42.5 Å². The molecular weight excluding hydrogens is 346 g/mol. The van der Waals surface area contributed by atoms with E-state index in [-0.39, 0.29) is 6.03 Å². The first-order valence-corrected chi connectivity index (χ1v) is 8.82. The lowest BCUT2D eigenvalue weighted by molar-refractivity contribution is 0.208. The van der Waals surface area contributed by atoms with Gasteiger partial charge in [0, 0.05) is 49.7 Å².